The fraction of sp³-hybridized carbons (Fsp3) is 0.889. The van der Waals surface area contributed by atoms with E-state index < -0.39 is 15.4 Å². The Morgan fingerprint density at radius 1 is 1.20 bits per heavy atom. The van der Waals surface area contributed by atoms with Gasteiger partial charge in [-0.25, -0.2) is 0 Å². The molecule has 1 aliphatic rings. The molecule has 0 heterocycles. The lowest BCUT2D eigenvalue weighted by molar-refractivity contribution is 0.318. The van der Waals surface area contributed by atoms with E-state index in [1.165, 1.54) is 0 Å². The van der Waals surface area contributed by atoms with E-state index in [-0.39, 0.29) is 0 Å². The molecule has 1 aliphatic carbocycles. The molecule has 0 spiro atoms. The predicted molar refractivity (Wildman–Crippen MR) is 59.0 cm³/mol. The minimum absolute atomic E-state index is 0.471. The van der Waals surface area contributed by atoms with Gasteiger partial charge in [-0.15, -0.1) is 0 Å². The Kier molecular flexibility index (Phi) is 6.51. The molecule has 1 saturated carbocycles. The van der Waals surface area contributed by atoms with Crippen LogP contribution in [0, 0.1) is 0 Å². The molecule has 0 saturated heterocycles. The zero-order chi connectivity index (χ0) is 11.9. The number of hydrogen-bond donors (Lipinski definition) is 2. The van der Waals surface area contributed by atoms with Crippen LogP contribution in [0.4, 0.5) is 0 Å². The van der Waals surface area contributed by atoms with Crippen LogP contribution in [0.15, 0.2) is 5.16 Å². The summed E-state index contributed by atoms with van der Waals surface area (Å²) < 4.78 is 29.7. The van der Waals surface area contributed by atoms with Gasteiger partial charge >= 0.3 is 0 Å². The van der Waals surface area contributed by atoms with Gasteiger partial charge < -0.3 is 5.21 Å². The number of hydrogen-bond acceptors (Lipinski definition) is 4. The Labute approximate surface area is 90.9 Å². The predicted octanol–water partition coefficient (Wildman–Crippen LogP) is 2.06. The van der Waals surface area contributed by atoms with Crippen molar-refractivity contribution in [3.8, 4) is 0 Å². The molecule has 0 atom stereocenters. The van der Waals surface area contributed by atoms with Gasteiger partial charge in [0.1, 0.15) is 0 Å². The van der Waals surface area contributed by atoms with E-state index in [4.69, 9.17) is 9.76 Å². The van der Waals surface area contributed by atoms with Crippen molar-refractivity contribution in [3.05, 3.63) is 0 Å². The molecule has 0 aromatic heterocycles. The summed E-state index contributed by atoms with van der Waals surface area (Å²) in [6.07, 6.45) is 4.25. The molecule has 2 N–H and O–H groups in total. The van der Waals surface area contributed by atoms with Crippen molar-refractivity contribution < 1.29 is 18.2 Å². The third kappa shape index (κ3) is 7.33. The molecule has 1 rings (SSSR count). The maximum atomic E-state index is 10.5. The van der Waals surface area contributed by atoms with Crippen LogP contribution in [0.25, 0.3) is 0 Å². The topological polar surface area (TPSA) is 87.0 Å². The quantitative estimate of drug-likeness (QED) is 0.316. The van der Waals surface area contributed by atoms with E-state index in [9.17, 15) is 8.42 Å². The Hall–Kier alpha value is -0.620. The number of rotatable bonds is 1. The van der Waals surface area contributed by atoms with E-state index in [2.05, 4.69) is 5.16 Å². The monoisotopic (exact) mass is 237 g/mol. The third-order valence-corrected chi connectivity index (χ3v) is 3.49. The number of oxime groups is 1. The summed E-state index contributed by atoms with van der Waals surface area (Å²) in [5, 5.41) is 10.1. The summed E-state index contributed by atoms with van der Waals surface area (Å²) >= 11 is 0. The summed E-state index contributed by atoms with van der Waals surface area (Å²) in [6, 6.07) is 0. The first kappa shape index (κ1) is 14.4. The Bertz CT molecular complexity index is 287. The first-order chi connectivity index (χ1) is 6.88. The van der Waals surface area contributed by atoms with Crippen molar-refractivity contribution >= 4 is 15.8 Å². The van der Waals surface area contributed by atoms with Crippen LogP contribution < -0.4 is 0 Å². The summed E-state index contributed by atoms with van der Waals surface area (Å²) in [5.74, 6) is 0. The minimum Gasteiger partial charge on any atom is -0.411 e. The molecule has 0 radical (unpaired) electrons. The van der Waals surface area contributed by atoms with Crippen molar-refractivity contribution in [2.24, 2.45) is 5.16 Å². The molecule has 1 fully saturated rings. The van der Waals surface area contributed by atoms with Crippen LogP contribution in [0.5, 0.6) is 0 Å². The first-order valence-corrected chi connectivity index (χ1v) is 6.49. The Morgan fingerprint density at radius 2 is 1.60 bits per heavy atom. The van der Waals surface area contributed by atoms with Gasteiger partial charge in [-0.2, -0.15) is 8.42 Å². The van der Waals surface area contributed by atoms with Gasteiger partial charge in [-0.3, -0.25) is 4.55 Å². The molecule has 0 amide bonds. The van der Waals surface area contributed by atoms with Crippen LogP contribution in [0.1, 0.15) is 46.0 Å². The average molecular weight is 237 g/mol. The zero-order valence-electron chi connectivity index (χ0n) is 9.18. The van der Waals surface area contributed by atoms with Gasteiger partial charge in [-0.05, 0) is 26.7 Å². The van der Waals surface area contributed by atoms with Crippen LogP contribution in [0.2, 0.25) is 0 Å². The standard InChI is InChI=1S/C6H12O3S.C3H7NO/c7-10(8,9)6-4-2-1-3-5-6;1-3(2)4-5/h6H,1-5H2,(H,7,8,9);5H,1-2H3. The molecule has 0 aromatic rings. The average Bonchev–Trinajstić information content (AvgIpc) is 2.19. The van der Waals surface area contributed by atoms with Crippen LogP contribution in [-0.2, 0) is 10.1 Å². The molecule has 0 aromatic carbocycles. The zero-order valence-corrected chi connectivity index (χ0v) is 10.00. The van der Waals surface area contributed by atoms with Crippen molar-refractivity contribution in [2.45, 2.75) is 51.2 Å². The third-order valence-electron chi connectivity index (χ3n) is 2.17. The molecule has 6 heteroatoms. The molecular formula is C9H19NO4S. The Morgan fingerprint density at radius 3 is 1.80 bits per heavy atom. The Balaban J connectivity index is 0.000000336. The van der Waals surface area contributed by atoms with Gasteiger partial charge in [0, 0.05) is 0 Å². The van der Waals surface area contributed by atoms with Gasteiger partial charge in [0.05, 0.1) is 11.0 Å². The maximum absolute atomic E-state index is 10.5. The molecule has 0 unspecified atom stereocenters. The minimum atomic E-state index is -3.73. The highest BCUT2D eigenvalue weighted by molar-refractivity contribution is 7.86. The maximum Gasteiger partial charge on any atom is 0.267 e. The molecule has 15 heavy (non-hydrogen) atoms. The van der Waals surface area contributed by atoms with E-state index in [1.807, 2.05) is 0 Å². The SMILES string of the molecule is CC(C)=NO.O=S(=O)(O)C1CCCCC1. The molecular weight excluding hydrogens is 218 g/mol. The molecule has 0 aliphatic heterocycles. The molecule has 5 nitrogen and oxygen atoms in total. The van der Waals surface area contributed by atoms with Crippen LogP contribution >= 0.6 is 0 Å². The van der Waals surface area contributed by atoms with E-state index in [1.54, 1.807) is 13.8 Å². The van der Waals surface area contributed by atoms with Gasteiger partial charge in [0.25, 0.3) is 10.1 Å². The van der Waals surface area contributed by atoms with Gasteiger partial charge in [0.2, 0.25) is 0 Å². The second kappa shape index (κ2) is 6.79. The highest BCUT2D eigenvalue weighted by atomic mass is 32.2. The van der Waals surface area contributed by atoms with Crippen LogP contribution in [0.3, 0.4) is 0 Å². The van der Waals surface area contributed by atoms with E-state index in [0.717, 1.165) is 19.3 Å². The normalized spacial score (nSPS) is 17.5. The lowest BCUT2D eigenvalue weighted by atomic mass is 10.0. The van der Waals surface area contributed by atoms with Crippen molar-refractivity contribution in [3.63, 3.8) is 0 Å². The summed E-state index contributed by atoms with van der Waals surface area (Å²) in [4.78, 5) is 0. The number of nitrogens with zero attached hydrogens (tertiary/aromatic N) is 1. The fourth-order valence-electron chi connectivity index (χ4n) is 1.36. The highest BCUT2D eigenvalue weighted by Crippen LogP contribution is 2.22. The lowest BCUT2D eigenvalue weighted by Gasteiger charge is -2.17. The van der Waals surface area contributed by atoms with Crippen molar-refractivity contribution in [1.29, 1.82) is 0 Å². The van der Waals surface area contributed by atoms with Gasteiger partial charge in [0.15, 0.2) is 0 Å². The first-order valence-electron chi connectivity index (χ1n) is 4.99. The van der Waals surface area contributed by atoms with E-state index in [0.29, 0.717) is 18.6 Å². The van der Waals surface area contributed by atoms with E-state index >= 15 is 0 Å². The highest BCUT2D eigenvalue weighted by Gasteiger charge is 2.24. The summed E-state index contributed by atoms with van der Waals surface area (Å²) in [5.41, 5.74) is 0.685. The molecule has 90 valence electrons. The second-order valence-electron chi connectivity index (χ2n) is 3.82. The second-order valence-corrected chi connectivity index (χ2v) is 5.52. The van der Waals surface area contributed by atoms with Crippen molar-refractivity contribution in [2.75, 3.05) is 0 Å². The molecule has 0 bridgehead atoms. The fourth-order valence-corrected chi connectivity index (χ4v) is 2.29. The summed E-state index contributed by atoms with van der Waals surface area (Å²) in [6.45, 7) is 3.44. The largest absolute Gasteiger partial charge is 0.411 e. The summed E-state index contributed by atoms with van der Waals surface area (Å²) in [7, 11) is -3.73. The van der Waals surface area contributed by atoms with Gasteiger partial charge in [-0.1, -0.05) is 24.4 Å². The smallest absolute Gasteiger partial charge is 0.267 e. The van der Waals surface area contributed by atoms with Crippen molar-refractivity contribution in [1.82, 2.24) is 0 Å². The lowest BCUT2D eigenvalue weighted by Crippen LogP contribution is -2.22. The van der Waals surface area contributed by atoms with Crippen LogP contribution in [-0.4, -0.2) is 29.1 Å².